The zero-order valence-electron chi connectivity index (χ0n) is 9.88. The average Bonchev–Trinajstić information content (AvgIpc) is 2.35. The Balaban J connectivity index is 2.65. The molecule has 19 heavy (non-hydrogen) atoms. The number of alkyl carbamates (subject to hydrolysis) is 1. The van der Waals surface area contributed by atoms with Crippen LogP contribution in [0.25, 0.3) is 0 Å². The zero-order valence-corrected chi connectivity index (χ0v) is 10.6. The number of rotatable bonds is 6. The Bertz CT molecular complexity index is 481. The quantitative estimate of drug-likeness (QED) is 0.598. The lowest BCUT2D eigenvalue weighted by Crippen LogP contribution is -2.42. The van der Waals surface area contributed by atoms with E-state index in [9.17, 15) is 9.59 Å². The van der Waals surface area contributed by atoms with E-state index in [1.807, 2.05) is 0 Å². The van der Waals surface area contributed by atoms with E-state index in [-0.39, 0.29) is 18.3 Å². The molecule has 0 saturated heterocycles. The maximum absolute atomic E-state index is 11.3. The standard InChI is InChI=1S/C11H12ClN3O4/c1-2-5-19-11(18)15-8(9(16)17)6-7-3-4-13-10(12)14-7/h2-4,8H,1,5-6H2,(H,15,18)(H,16,17). The van der Waals surface area contributed by atoms with Crippen LogP contribution >= 0.6 is 11.6 Å². The summed E-state index contributed by atoms with van der Waals surface area (Å²) < 4.78 is 4.64. The second-order valence-electron chi connectivity index (χ2n) is 3.44. The van der Waals surface area contributed by atoms with Gasteiger partial charge in [-0.2, -0.15) is 0 Å². The van der Waals surface area contributed by atoms with Crippen LogP contribution in [0, 0.1) is 0 Å². The van der Waals surface area contributed by atoms with Crippen molar-refractivity contribution < 1.29 is 19.4 Å². The van der Waals surface area contributed by atoms with Crippen LogP contribution in [-0.4, -0.2) is 39.8 Å². The van der Waals surface area contributed by atoms with E-state index >= 15 is 0 Å². The third-order valence-electron chi connectivity index (χ3n) is 2.02. The number of carboxylic acids is 1. The van der Waals surface area contributed by atoms with E-state index in [0.29, 0.717) is 5.69 Å². The molecule has 0 radical (unpaired) electrons. The summed E-state index contributed by atoms with van der Waals surface area (Å²) in [4.78, 5) is 29.8. The fraction of sp³-hybridized carbons (Fsp3) is 0.273. The molecule has 0 fully saturated rings. The van der Waals surface area contributed by atoms with Crippen LogP contribution in [0.4, 0.5) is 4.79 Å². The zero-order chi connectivity index (χ0) is 14.3. The average molecular weight is 286 g/mol. The number of aromatic nitrogens is 2. The van der Waals surface area contributed by atoms with Crippen LogP contribution in [-0.2, 0) is 16.0 Å². The first-order valence-corrected chi connectivity index (χ1v) is 5.65. The maximum Gasteiger partial charge on any atom is 0.408 e. The summed E-state index contributed by atoms with van der Waals surface area (Å²) in [7, 11) is 0. The van der Waals surface area contributed by atoms with Crippen molar-refractivity contribution in [1.82, 2.24) is 15.3 Å². The Hall–Kier alpha value is -2.15. The molecule has 0 aromatic carbocycles. The van der Waals surface area contributed by atoms with Crippen molar-refractivity contribution >= 4 is 23.7 Å². The number of nitrogens with one attached hydrogen (secondary N) is 1. The Labute approximate surface area is 114 Å². The van der Waals surface area contributed by atoms with Gasteiger partial charge in [-0.1, -0.05) is 12.7 Å². The SMILES string of the molecule is C=CCOC(=O)NC(Cc1ccnc(Cl)n1)C(=O)O. The summed E-state index contributed by atoms with van der Waals surface area (Å²) in [5.41, 5.74) is 0.399. The third kappa shape index (κ3) is 5.35. The highest BCUT2D eigenvalue weighted by Gasteiger charge is 2.21. The summed E-state index contributed by atoms with van der Waals surface area (Å²) >= 11 is 5.59. The smallest absolute Gasteiger partial charge is 0.408 e. The molecule has 0 saturated carbocycles. The summed E-state index contributed by atoms with van der Waals surface area (Å²) in [6.07, 6.45) is 1.91. The number of nitrogens with zero attached hydrogens (tertiary/aromatic N) is 2. The molecule has 1 unspecified atom stereocenters. The number of carbonyl (C=O) groups excluding carboxylic acids is 1. The van der Waals surface area contributed by atoms with Crippen molar-refractivity contribution in [3.63, 3.8) is 0 Å². The molecule has 0 aliphatic rings. The van der Waals surface area contributed by atoms with Crippen LogP contribution in [0.15, 0.2) is 24.9 Å². The van der Waals surface area contributed by atoms with Crippen LogP contribution in [0.1, 0.15) is 5.69 Å². The van der Waals surface area contributed by atoms with Gasteiger partial charge in [0.25, 0.3) is 0 Å². The minimum absolute atomic E-state index is 0.00247. The molecule has 1 aromatic heterocycles. The van der Waals surface area contributed by atoms with E-state index in [1.165, 1.54) is 18.3 Å². The predicted octanol–water partition coefficient (Wildman–Crippen LogP) is 1.04. The largest absolute Gasteiger partial charge is 0.480 e. The fourth-order valence-corrected chi connectivity index (χ4v) is 1.38. The van der Waals surface area contributed by atoms with Crippen molar-refractivity contribution in [2.45, 2.75) is 12.5 Å². The lowest BCUT2D eigenvalue weighted by molar-refractivity contribution is -0.139. The molecule has 0 aliphatic heterocycles. The Morgan fingerprint density at radius 1 is 1.63 bits per heavy atom. The molecule has 102 valence electrons. The number of amides is 1. The highest BCUT2D eigenvalue weighted by Crippen LogP contribution is 2.04. The minimum Gasteiger partial charge on any atom is -0.480 e. The first kappa shape index (κ1) is 14.9. The highest BCUT2D eigenvalue weighted by atomic mass is 35.5. The van der Waals surface area contributed by atoms with Crippen molar-refractivity contribution in [1.29, 1.82) is 0 Å². The first-order chi connectivity index (χ1) is 9.02. The molecule has 1 heterocycles. The van der Waals surface area contributed by atoms with Gasteiger partial charge in [-0.15, -0.1) is 0 Å². The maximum atomic E-state index is 11.3. The van der Waals surface area contributed by atoms with Gasteiger partial charge in [0.1, 0.15) is 12.6 Å². The lowest BCUT2D eigenvalue weighted by Gasteiger charge is -2.13. The van der Waals surface area contributed by atoms with Gasteiger partial charge in [-0.05, 0) is 17.7 Å². The van der Waals surface area contributed by atoms with Crippen LogP contribution in [0.5, 0.6) is 0 Å². The second kappa shape index (κ2) is 7.32. The van der Waals surface area contributed by atoms with E-state index in [2.05, 4.69) is 26.6 Å². The fourth-order valence-electron chi connectivity index (χ4n) is 1.21. The number of carboxylic acid groups (broad SMARTS) is 1. The monoisotopic (exact) mass is 285 g/mol. The van der Waals surface area contributed by atoms with Gasteiger partial charge in [-0.3, -0.25) is 0 Å². The number of hydrogen-bond acceptors (Lipinski definition) is 5. The van der Waals surface area contributed by atoms with Crippen molar-refractivity contribution in [3.05, 3.63) is 35.9 Å². The van der Waals surface area contributed by atoms with Crippen molar-refractivity contribution in [3.8, 4) is 0 Å². The van der Waals surface area contributed by atoms with Gasteiger partial charge in [0.05, 0.1) is 0 Å². The van der Waals surface area contributed by atoms with E-state index in [4.69, 9.17) is 16.7 Å². The molecule has 0 spiro atoms. The lowest BCUT2D eigenvalue weighted by atomic mass is 10.1. The van der Waals surface area contributed by atoms with Crippen LogP contribution in [0.2, 0.25) is 5.28 Å². The number of ether oxygens (including phenoxy) is 1. The van der Waals surface area contributed by atoms with Gasteiger partial charge in [0.2, 0.25) is 5.28 Å². The molecule has 1 amide bonds. The van der Waals surface area contributed by atoms with Gasteiger partial charge in [0, 0.05) is 18.3 Å². The molecule has 1 atom stereocenters. The highest BCUT2D eigenvalue weighted by molar-refractivity contribution is 6.28. The summed E-state index contributed by atoms with van der Waals surface area (Å²) in [6, 6.07) is 0.349. The summed E-state index contributed by atoms with van der Waals surface area (Å²) in [5.74, 6) is -1.20. The molecule has 0 bridgehead atoms. The van der Waals surface area contributed by atoms with E-state index in [0.717, 1.165) is 0 Å². The van der Waals surface area contributed by atoms with Gasteiger partial charge >= 0.3 is 12.1 Å². The summed E-state index contributed by atoms with van der Waals surface area (Å²) in [6.45, 7) is 3.37. The minimum atomic E-state index is -1.20. The van der Waals surface area contributed by atoms with Crippen molar-refractivity contribution in [2.24, 2.45) is 0 Å². The Morgan fingerprint density at radius 3 is 2.95 bits per heavy atom. The predicted molar refractivity (Wildman–Crippen MR) is 66.9 cm³/mol. The molecular weight excluding hydrogens is 274 g/mol. The Morgan fingerprint density at radius 2 is 2.37 bits per heavy atom. The topological polar surface area (TPSA) is 101 Å². The third-order valence-corrected chi connectivity index (χ3v) is 2.20. The molecule has 8 heteroatoms. The summed E-state index contributed by atoms with van der Waals surface area (Å²) in [5, 5.41) is 11.2. The van der Waals surface area contributed by atoms with Gasteiger partial charge < -0.3 is 15.2 Å². The molecule has 0 aliphatic carbocycles. The number of halogens is 1. The number of aliphatic carboxylic acids is 1. The van der Waals surface area contributed by atoms with Crippen molar-refractivity contribution in [2.75, 3.05) is 6.61 Å². The molecular formula is C11H12ClN3O4. The van der Waals surface area contributed by atoms with E-state index in [1.54, 1.807) is 0 Å². The number of carbonyl (C=O) groups is 2. The number of hydrogen-bond donors (Lipinski definition) is 2. The Kier molecular flexibility index (Phi) is 5.74. The van der Waals surface area contributed by atoms with Gasteiger partial charge in [-0.25, -0.2) is 19.6 Å². The van der Waals surface area contributed by atoms with Gasteiger partial charge in [0.15, 0.2) is 0 Å². The van der Waals surface area contributed by atoms with Crippen LogP contribution in [0.3, 0.4) is 0 Å². The molecule has 1 aromatic rings. The van der Waals surface area contributed by atoms with Crippen LogP contribution < -0.4 is 5.32 Å². The second-order valence-corrected chi connectivity index (χ2v) is 3.78. The first-order valence-electron chi connectivity index (χ1n) is 5.27. The normalized spacial score (nSPS) is 11.4. The molecule has 2 N–H and O–H groups in total. The molecule has 7 nitrogen and oxygen atoms in total. The molecule has 1 rings (SSSR count). The van der Waals surface area contributed by atoms with E-state index < -0.39 is 18.1 Å².